The summed E-state index contributed by atoms with van der Waals surface area (Å²) in [6, 6.07) is 2.36. The fourth-order valence-corrected chi connectivity index (χ4v) is 2.59. The van der Waals surface area contributed by atoms with E-state index >= 15 is 0 Å². The highest BCUT2D eigenvalue weighted by Crippen LogP contribution is 2.34. The number of hydrogen-bond acceptors (Lipinski definition) is 5. The molecular weight excluding hydrogens is 377 g/mol. The van der Waals surface area contributed by atoms with Crippen LogP contribution < -0.4 is 16.0 Å². The van der Waals surface area contributed by atoms with E-state index in [0.717, 1.165) is 38.1 Å². The molecule has 2 rings (SSSR count). The van der Waals surface area contributed by atoms with E-state index in [1.54, 1.807) is 0 Å². The van der Waals surface area contributed by atoms with Crippen LogP contribution in [0.25, 0.3) is 0 Å². The van der Waals surface area contributed by atoms with Crippen molar-refractivity contribution in [2.24, 2.45) is 0 Å². The summed E-state index contributed by atoms with van der Waals surface area (Å²) in [4.78, 5) is 21.9. The Hall–Kier alpha value is -2.07. The molecule has 1 amide bonds. The number of nitro groups is 1. The van der Waals surface area contributed by atoms with Crippen molar-refractivity contribution in [1.82, 2.24) is 10.6 Å². The summed E-state index contributed by atoms with van der Waals surface area (Å²) in [5, 5.41) is 19.7. The fraction of sp³-hybridized carbons (Fsp3) is 0.533. The standard InChI is InChI=1S/C15H19F3N4O3.ClH/c16-15(17,18)10-1-2-12(13(9-10)22(24)25)20-8-5-14(23)21-11-3-6-19-7-4-11;/h1-2,9,11,19-20H,3-8H2,(H,21,23);1H. The molecule has 0 aromatic heterocycles. The Balaban J connectivity index is 0.00000338. The van der Waals surface area contributed by atoms with E-state index in [9.17, 15) is 28.1 Å². The highest BCUT2D eigenvalue weighted by atomic mass is 35.5. The SMILES string of the molecule is Cl.O=C(CCNc1ccc(C(F)(F)F)cc1[N+](=O)[O-])NC1CCNCC1. The number of amides is 1. The Morgan fingerprint density at radius 2 is 1.96 bits per heavy atom. The van der Waals surface area contributed by atoms with E-state index in [1.165, 1.54) is 0 Å². The monoisotopic (exact) mass is 396 g/mol. The molecule has 7 nitrogen and oxygen atoms in total. The summed E-state index contributed by atoms with van der Waals surface area (Å²) in [5.74, 6) is -0.200. The molecule has 0 spiro atoms. The van der Waals surface area contributed by atoms with Gasteiger partial charge in [-0.1, -0.05) is 0 Å². The lowest BCUT2D eigenvalue weighted by molar-refractivity contribution is -0.384. The van der Waals surface area contributed by atoms with Gasteiger partial charge in [-0.15, -0.1) is 12.4 Å². The van der Waals surface area contributed by atoms with Gasteiger partial charge >= 0.3 is 6.18 Å². The first-order valence-corrected chi connectivity index (χ1v) is 7.87. The molecule has 1 aliphatic rings. The van der Waals surface area contributed by atoms with E-state index in [2.05, 4.69) is 16.0 Å². The van der Waals surface area contributed by atoms with Crippen LogP contribution in [0.5, 0.6) is 0 Å². The first-order valence-electron chi connectivity index (χ1n) is 7.87. The second-order valence-corrected chi connectivity index (χ2v) is 5.76. The van der Waals surface area contributed by atoms with Crippen molar-refractivity contribution in [2.45, 2.75) is 31.5 Å². The van der Waals surface area contributed by atoms with Gasteiger partial charge in [-0.25, -0.2) is 0 Å². The van der Waals surface area contributed by atoms with E-state index < -0.39 is 22.4 Å². The summed E-state index contributed by atoms with van der Waals surface area (Å²) >= 11 is 0. The largest absolute Gasteiger partial charge is 0.416 e. The minimum Gasteiger partial charge on any atom is -0.379 e. The van der Waals surface area contributed by atoms with Gasteiger partial charge in [0.25, 0.3) is 5.69 Å². The van der Waals surface area contributed by atoms with Crippen LogP contribution in [-0.2, 0) is 11.0 Å². The summed E-state index contributed by atoms with van der Waals surface area (Å²) in [6.07, 6.45) is -2.91. The maximum absolute atomic E-state index is 12.6. The van der Waals surface area contributed by atoms with Gasteiger partial charge in [-0.2, -0.15) is 13.2 Å². The minimum absolute atomic E-state index is 0. The van der Waals surface area contributed by atoms with Crippen LogP contribution in [0.3, 0.4) is 0 Å². The van der Waals surface area contributed by atoms with E-state index in [4.69, 9.17) is 0 Å². The number of hydrogen-bond donors (Lipinski definition) is 3. The number of anilines is 1. The molecule has 1 heterocycles. The number of carbonyl (C=O) groups is 1. The Kier molecular flexibility index (Phi) is 8.09. The third kappa shape index (κ3) is 6.34. The van der Waals surface area contributed by atoms with Gasteiger partial charge in [0, 0.05) is 25.1 Å². The van der Waals surface area contributed by atoms with Gasteiger partial charge in [0.1, 0.15) is 5.69 Å². The molecule has 0 unspecified atom stereocenters. The average Bonchev–Trinajstić information content (AvgIpc) is 2.54. The lowest BCUT2D eigenvalue weighted by Gasteiger charge is -2.23. The molecule has 1 saturated heterocycles. The van der Waals surface area contributed by atoms with Crippen LogP contribution in [0.1, 0.15) is 24.8 Å². The highest BCUT2D eigenvalue weighted by Gasteiger charge is 2.33. The van der Waals surface area contributed by atoms with Crippen LogP contribution >= 0.6 is 12.4 Å². The lowest BCUT2D eigenvalue weighted by atomic mass is 10.1. The van der Waals surface area contributed by atoms with Crippen LogP contribution in [0.15, 0.2) is 18.2 Å². The zero-order chi connectivity index (χ0) is 18.4. The Labute approximate surface area is 154 Å². The van der Waals surface area contributed by atoms with Crippen molar-refractivity contribution in [3.8, 4) is 0 Å². The van der Waals surface area contributed by atoms with E-state index in [1.807, 2.05) is 0 Å². The van der Waals surface area contributed by atoms with Crippen molar-refractivity contribution in [3.63, 3.8) is 0 Å². The topological polar surface area (TPSA) is 96.3 Å². The van der Waals surface area contributed by atoms with Crippen molar-refractivity contribution in [3.05, 3.63) is 33.9 Å². The zero-order valence-electron chi connectivity index (χ0n) is 13.8. The molecular formula is C15H20ClF3N4O3. The van der Waals surface area contributed by atoms with Gasteiger partial charge in [-0.05, 0) is 38.1 Å². The molecule has 0 bridgehead atoms. The van der Waals surface area contributed by atoms with Crippen LogP contribution in [0, 0.1) is 10.1 Å². The number of alkyl halides is 3. The molecule has 3 N–H and O–H groups in total. The normalized spacial score (nSPS) is 15.0. The smallest absolute Gasteiger partial charge is 0.379 e. The van der Waals surface area contributed by atoms with Crippen LogP contribution in [0.2, 0.25) is 0 Å². The second-order valence-electron chi connectivity index (χ2n) is 5.76. The summed E-state index contributed by atoms with van der Waals surface area (Å²) in [7, 11) is 0. The zero-order valence-corrected chi connectivity index (χ0v) is 14.6. The molecule has 1 aromatic rings. The fourth-order valence-electron chi connectivity index (χ4n) is 2.59. The van der Waals surface area contributed by atoms with Gasteiger partial charge in [0.2, 0.25) is 5.91 Å². The van der Waals surface area contributed by atoms with Crippen molar-refractivity contribution in [2.75, 3.05) is 25.0 Å². The molecule has 1 aromatic carbocycles. The molecule has 1 aliphatic heterocycles. The summed E-state index contributed by atoms with van der Waals surface area (Å²) < 4.78 is 37.9. The van der Waals surface area contributed by atoms with E-state index in [0.29, 0.717) is 6.07 Å². The highest BCUT2D eigenvalue weighted by molar-refractivity contribution is 5.85. The minimum atomic E-state index is -4.65. The van der Waals surface area contributed by atoms with Crippen LogP contribution in [-0.4, -0.2) is 36.5 Å². The molecule has 146 valence electrons. The maximum Gasteiger partial charge on any atom is 0.416 e. The summed E-state index contributed by atoms with van der Waals surface area (Å²) in [5.41, 5.74) is -1.81. The number of rotatable bonds is 6. The molecule has 26 heavy (non-hydrogen) atoms. The number of benzene rings is 1. The summed E-state index contributed by atoms with van der Waals surface area (Å²) in [6.45, 7) is 1.75. The molecule has 0 aliphatic carbocycles. The van der Waals surface area contributed by atoms with Gasteiger partial charge in [-0.3, -0.25) is 14.9 Å². The third-order valence-corrected chi connectivity index (χ3v) is 3.89. The molecule has 11 heteroatoms. The second kappa shape index (κ2) is 9.58. The average molecular weight is 397 g/mol. The number of nitrogens with one attached hydrogen (secondary N) is 3. The molecule has 0 saturated carbocycles. The van der Waals surface area contributed by atoms with Crippen molar-refractivity contribution >= 4 is 29.7 Å². The maximum atomic E-state index is 12.6. The van der Waals surface area contributed by atoms with Gasteiger partial charge in [0.05, 0.1) is 10.5 Å². The lowest BCUT2D eigenvalue weighted by Crippen LogP contribution is -2.43. The molecule has 1 fully saturated rings. The predicted molar refractivity (Wildman–Crippen MR) is 92.5 cm³/mol. The quantitative estimate of drug-likeness (QED) is 0.507. The Morgan fingerprint density at radius 1 is 1.31 bits per heavy atom. The van der Waals surface area contributed by atoms with Crippen LogP contribution in [0.4, 0.5) is 24.5 Å². The number of piperidine rings is 1. The Bertz CT molecular complexity index is 637. The van der Waals surface area contributed by atoms with Crippen molar-refractivity contribution in [1.29, 1.82) is 0 Å². The molecule has 0 radical (unpaired) electrons. The number of halogens is 4. The number of nitro benzene ring substituents is 1. The first-order chi connectivity index (χ1) is 11.8. The first kappa shape index (κ1) is 22.0. The predicted octanol–water partition coefficient (Wildman–Crippen LogP) is 2.71. The van der Waals surface area contributed by atoms with Gasteiger partial charge < -0.3 is 16.0 Å². The number of nitrogens with zero attached hydrogens (tertiary/aromatic N) is 1. The van der Waals surface area contributed by atoms with Gasteiger partial charge in [0.15, 0.2) is 0 Å². The Morgan fingerprint density at radius 3 is 2.54 bits per heavy atom. The third-order valence-electron chi connectivity index (χ3n) is 3.89. The van der Waals surface area contributed by atoms with E-state index in [-0.39, 0.29) is 43.0 Å². The number of carbonyl (C=O) groups excluding carboxylic acids is 1. The van der Waals surface area contributed by atoms with Crippen molar-refractivity contribution < 1.29 is 22.9 Å². The molecule has 0 atom stereocenters.